The molecule has 2 aromatic heterocycles. The summed E-state index contributed by atoms with van der Waals surface area (Å²) in [7, 11) is 0. The van der Waals surface area contributed by atoms with Crippen molar-refractivity contribution in [3.05, 3.63) is 58.5 Å². The molecule has 0 saturated heterocycles. The fourth-order valence-corrected chi connectivity index (χ4v) is 2.65. The first-order chi connectivity index (χ1) is 10.6. The van der Waals surface area contributed by atoms with Crippen molar-refractivity contribution in [3.63, 3.8) is 0 Å². The van der Waals surface area contributed by atoms with E-state index in [1.807, 2.05) is 13.1 Å². The molecule has 2 heterocycles. The second-order valence-electron chi connectivity index (χ2n) is 5.54. The first-order valence-corrected chi connectivity index (χ1v) is 7.80. The van der Waals surface area contributed by atoms with Crippen LogP contribution in [-0.2, 0) is 13.0 Å². The lowest BCUT2D eigenvalue weighted by atomic mass is 10.1. The quantitative estimate of drug-likeness (QED) is 0.768. The average molecular weight is 315 g/mol. The fraction of sp³-hybridized carbons (Fsp3) is 0.294. The van der Waals surface area contributed by atoms with Gasteiger partial charge in [0.05, 0.1) is 10.7 Å². The molecule has 0 aliphatic rings. The third kappa shape index (κ3) is 3.07. The molecule has 3 aromatic rings. The maximum Gasteiger partial charge on any atom is 0.162 e. The molecule has 0 aliphatic heterocycles. The lowest BCUT2D eigenvalue weighted by Gasteiger charge is -2.07. The van der Waals surface area contributed by atoms with Gasteiger partial charge in [0.15, 0.2) is 5.82 Å². The number of aromatic nitrogens is 4. The number of halogens is 1. The zero-order valence-corrected chi connectivity index (χ0v) is 13.6. The number of nitrogens with one attached hydrogen (secondary N) is 1. The smallest absolute Gasteiger partial charge is 0.162 e. The Kier molecular flexibility index (Phi) is 4.29. The molecule has 1 N–H and O–H groups in total. The number of hydrogen-bond donors (Lipinski definition) is 1. The Morgan fingerprint density at radius 1 is 1.18 bits per heavy atom. The van der Waals surface area contributed by atoms with Gasteiger partial charge in [-0.25, -0.2) is 4.98 Å². The zero-order chi connectivity index (χ0) is 15.5. The summed E-state index contributed by atoms with van der Waals surface area (Å²) in [4.78, 5) is 4.39. The number of H-pyrrole nitrogens is 1. The van der Waals surface area contributed by atoms with Gasteiger partial charge in [-0.05, 0) is 32.3 Å². The van der Waals surface area contributed by atoms with Gasteiger partial charge in [0.2, 0.25) is 0 Å². The predicted octanol–water partition coefficient (Wildman–Crippen LogP) is 4.18. The molecule has 4 nitrogen and oxygen atoms in total. The van der Waals surface area contributed by atoms with E-state index in [9.17, 15) is 0 Å². The molecule has 0 radical (unpaired) electrons. The number of imidazole rings is 1. The van der Waals surface area contributed by atoms with Crippen molar-refractivity contribution in [1.29, 1.82) is 0 Å². The Morgan fingerprint density at radius 2 is 1.95 bits per heavy atom. The molecule has 1 aromatic carbocycles. The molecular formula is C17H19ClN4. The van der Waals surface area contributed by atoms with Crippen LogP contribution < -0.4 is 0 Å². The summed E-state index contributed by atoms with van der Waals surface area (Å²) >= 11 is 6.27. The Balaban J connectivity index is 1.68. The maximum atomic E-state index is 6.27. The lowest BCUT2D eigenvalue weighted by molar-refractivity contribution is 0.646. The molecule has 0 atom stereocenters. The molecule has 0 saturated carbocycles. The van der Waals surface area contributed by atoms with Crippen LogP contribution in [0.2, 0.25) is 5.02 Å². The van der Waals surface area contributed by atoms with Gasteiger partial charge in [0.1, 0.15) is 5.69 Å². The van der Waals surface area contributed by atoms with Crippen LogP contribution in [0.25, 0.3) is 11.5 Å². The van der Waals surface area contributed by atoms with Crippen LogP contribution in [0.5, 0.6) is 0 Å². The van der Waals surface area contributed by atoms with Crippen LogP contribution in [0.1, 0.15) is 23.2 Å². The van der Waals surface area contributed by atoms with Gasteiger partial charge in [-0.1, -0.05) is 41.4 Å². The third-order valence-corrected chi connectivity index (χ3v) is 4.25. The molecule has 0 aliphatic carbocycles. The third-order valence-electron chi connectivity index (χ3n) is 3.78. The SMILES string of the molecule is Cc1ccc(CCCn2ccnc2-c2n[nH]c(C)c2Cl)cc1. The van der Waals surface area contributed by atoms with E-state index in [-0.39, 0.29) is 0 Å². The van der Waals surface area contributed by atoms with Crippen LogP contribution in [0.4, 0.5) is 0 Å². The number of hydrogen-bond acceptors (Lipinski definition) is 2. The van der Waals surface area contributed by atoms with Crippen LogP contribution in [0, 0.1) is 13.8 Å². The summed E-state index contributed by atoms with van der Waals surface area (Å²) in [5.41, 5.74) is 4.25. The minimum Gasteiger partial charge on any atom is -0.330 e. The lowest BCUT2D eigenvalue weighted by Crippen LogP contribution is -2.01. The topological polar surface area (TPSA) is 46.5 Å². The Labute approximate surface area is 135 Å². The summed E-state index contributed by atoms with van der Waals surface area (Å²) < 4.78 is 2.11. The van der Waals surface area contributed by atoms with Gasteiger partial charge in [-0.2, -0.15) is 5.10 Å². The first-order valence-electron chi connectivity index (χ1n) is 7.42. The van der Waals surface area contributed by atoms with Crippen molar-refractivity contribution in [3.8, 4) is 11.5 Å². The van der Waals surface area contributed by atoms with E-state index in [2.05, 4.69) is 50.9 Å². The number of nitrogens with zero attached hydrogens (tertiary/aromatic N) is 3. The second kappa shape index (κ2) is 6.36. The van der Waals surface area contributed by atoms with Crippen molar-refractivity contribution in [2.75, 3.05) is 0 Å². The van der Waals surface area contributed by atoms with Gasteiger partial charge in [-0.15, -0.1) is 0 Å². The van der Waals surface area contributed by atoms with Crippen LogP contribution in [0.3, 0.4) is 0 Å². The van der Waals surface area contributed by atoms with E-state index < -0.39 is 0 Å². The van der Waals surface area contributed by atoms with Crippen molar-refractivity contribution in [2.24, 2.45) is 0 Å². The van der Waals surface area contributed by atoms with Crippen molar-refractivity contribution in [1.82, 2.24) is 19.7 Å². The molecule has 0 fully saturated rings. The summed E-state index contributed by atoms with van der Waals surface area (Å²) in [6.07, 6.45) is 5.87. The van der Waals surface area contributed by atoms with E-state index in [4.69, 9.17) is 11.6 Å². The summed E-state index contributed by atoms with van der Waals surface area (Å²) in [6, 6.07) is 8.70. The fourth-order valence-electron chi connectivity index (χ4n) is 2.48. The average Bonchev–Trinajstić information content (AvgIpc) is 3.09. The van der Waals surface area contributed by atoms with E-state index in [1.54, 1.807) is 6.20 Å². The largest absolute Gasteiger partial charge is 0.330 e. The van der Waals surface area contributed by atoms with E-state index in [0.29, 0.717) is 5.02 Å². The van der Waals surface area contributed by atoms with Gasteiger partial charge in [0.25, 0.3) is 0 Å². The molecule has 0 bridgehead atoms. The minimum absolute atomic E-state index is 0.644. The maximum absolute atomic E-state index is 6.27. The normalized spacial score (nSPS) is 11.0. The van der Waals surface area contributed by atoms with E-state index in [0.717, 1.165) is 36.6 Å². The second-order valence-corrected chi connectivity index (χ2v) is 5.92. The van der Waals surface area contributed by atoms with E-state index >= 15 is 0 Å². The van der Waals surface area contributed by atoms with Crippen LogP contribution >= 0.6 is 11.6 Å². The predicted molar refractivity (Wildman–Crippen MR) is 89.1 cm³/mol. The molecule has 22 heavy (non-hydrogen) atoms. The van der Waals surface area contributed by atoms with Crippen LogP contribution in [-0.4, -0.2) is 19.7 Å². The molecule has 0 amide bonds. The van der Waals surface area contributed by atoms with Gasteiger partial charge in [-0.3, -0.25) is 5.10 Å². The van der Waals surface area contributed by atoms with E-state index in [1.165, 1.54) is 11.1 Å². The molecule has 114 valence electrons. The van der Waals surface area contributed by atoms with Crippen molar-refractivity contribution >= 4 is 11.6 Å². The number of aromatic amines is 1. The number of aryl methyl sites for hydroxylation is 4. The highest BCUT2D eigenvalue weighted by Gasteiger charge is 2.14. The zero-order valence-electron chi connectivity index (χ0n) is 12.8. The highest BCUT2D eigenvalue weighted by Crippen LogP contribution is 2.26. The first kappa shape index (κ1) is 14.9. The Morgan fingerprint density at radius 3 is 2.64 bits per heavy atom. The Bertz CT molecular complexity index is 755. The van der Waals surface area contributed by atoms with Crippen molar-refractivity contribution in [2.45, 2.75) is 33.2 Å². The van der Waals surface area contributed by atoms with Gasteiger partial charge < -0.3 is 4.57 Å². The number of rotatable bonds is 5. The molecule has 0 spiro atoms. The molecular weight excluding hydrogens is 296 g/mol. The van der Waals surface area contributed by atoms with Gasteiger partial charge in [0, 0.05) is 18.9 Å². The molecule has 3 rings (SSSR count). The molecule has 5 heteroatoms. The molecule has 0 unspecified atom stereocenters. The highest BCUT2D eigenvalue weighted by atomic mass is 35.5. The van der Waals surface area contributed by atoms with Crippen LogP contribution in [0.15, 0.2) is 36.7 Å². The summed E-state index contributed by atoms with van der Waals surface area (Å²) in [5.74, 6) is 0.818. The summed E-state index contributed by atoms with van der Waals surface area (Å²) in [6.45, 7) is 4.91. The van der Waals surface area contributed by atoms with Gasteiger partial charge >= 0.3 is 0 Å². The summed E-state index contributed by atoms with van der Waals surface area (Å²) in [5, 5.41) is 7.80. The standard InChI is InChI=1S/C17H19ClN4/c1-12-5-7-14(8-6-12)4-3-10-22-11-9-19-17(22)16-15(18)13(2)20-21-16/h5-9,11H,3-4,10H2,1-2H3,(H,20,21). The highest BCUT2D eigenvalue weighted by molar-refractivity contribution is 6.33. The Hall–Kier alpha value is -2.07. The number of benzene rings is 1. The monoisotopic (exact) mass is 314 g/mol. The minimum atomic E-state index is 0.644. The van der Waals surface area contributed by atoms with Crippen molar-refractivity contribution < 1.29 is 0 Å².